The van der Waals surface area contributed by atoms with Crippen LogP contribution < -0.4 is 5.32 Å². The van der Waals surface area contributed by atoms with Gasteiger partial charge in [0, 0.05) is 4.47 Å². The van der Waals surface area contributed by atoms with Gasteiger partial charge in [-0.1, -0.05) is 39.8 Å². The Labute approximate surface area is 185 Å². The molecular weight excluding hydrogens is 469 g/mol. The largest absolute Gasteiger partial charge is 0.349 e. The predicted octanol–water partition coefficient (Wildman–Crippen LogP) is 4.69. The van der Waals surface area contributed by atoms with Crippen LogP contribution in [0.5, 0.6) is 0 Å². The van der Waals surface area contributed by atoms with Gasteiger partial charge in [-0.2, -0.15) is 5.10 Å². The normalized spacial score (nSPS) is 12.1. The molecule has 1 N–H and O–H groups in total. The van der Waals surface area contributed by atoms with Gasteiger partial charge in [-0.25, -0.2) is 19.0 Å². The van der Waals surface area contributed by atoms with Crippen LogP contribution in [-0.2, 0) is 4.79 Å². The third-order valence-electron chi connectivity index (χ3n) is 4.49. The summed E-state index contributed by atoms with van der Waals surface area (Å²) in [7, 11) is 0. The van der Waals surface area contributed by atoms with Gasteiger partial charge in [0.2, 0.25) is 5.91 Å². The number of carbonyl (C=O) groups is 1. The summed E-state index contributed by atoms with van der Waals surface area (Å²) in [5.74, 6) is -0.188. The second kappa shape index (κ2) is 8.93. The summed E-state index contributed by atoms with van der Waals surface area (Å²) in [6.07, 6.45) is 3.10. The molecule has 0 aliphatic heterocycles. The number of nitrogens with zero attached hydrogens (tertiary/aromatic N) is 4. The van der Waals surface area contributed by atoms with E-state index in [1.54, 1.807) is 23.0 Å². The highest BCUT2D eigenvalue weighted by molar-refractivity contribution is 9.10. The molecule has 0 aliphatic carbocycles. The molecule has 152 valence electrons. The van der Waals surface area contributed by atoms with Gasteiger partial charge >= 0.3 is 0 Å². The van der Waals surface area contributed by atoms with E-state index in [1.165, 1.54) is 30.2 Å². The number of halogens is 2. The number of amides is 1. The molecule has 4 aromatic rings. The molecule has 0 saturated heterocycles. The second-order valence-corrected chi connectivity index (χ2v) is 8.46. The number of thioether (sulfide) groups is 1. The number of rotatable bonds is 6. The molecule has 0 spiro atoms. The number of benzene rings is 2. The van der Waals surface area contributed by atoms with Gasteiger partial charge in [0.05, 0.1) is 29.1 Å². The van der Waals surface area contributed by atoms with E-state index in [4.69, 9.17) is 0 Å². The van der Waals surface area contributed by atoms with Crippen molar-refractivity contribution in [2.75, 3.05) is 5.75 Å². The monoisotopic (exact) mass is 485 g/mol. The van der Waals surface area contributed by atoms with E-state index in [1.807, 2.05) is 31.2 Å². The predicted molar refractivity (Wildman–Crippen MR) is 118 cm³/mol. The first-order valence-electron chi connectivity index (χ1n) is 9.13. The molecule has 1 atom stereocenters. The van der Waals surface area contributed by atoms with Gasteiger partial charge in [0.1, 0.15) is 17.2 Å². The molecule has 2 aromatic heterocycles. The van der Waals surface area contributed by atoms with Gasteiger partial charge in [-0.15, -0.1) is 0 Å². The SMILES string of the molecule is CC(NC(=O)CSc1ncnc2c1cnn2-c1ccc(F)cc1)c1ccc(Br)cc1. The van der Waals surface area contributed by atoms with Gasteiger partial charge in [-0.05, 0) is 48.9 Å². The van der Waals surface area contributed by atoms with E-state index >= 15 is 0 Å². The molecule has 0 saturated carbocycles. The average molecular weight is 486 g/mol. The van der Waals surface area contributed by atoms with Crippen LogP contribution in [0, 0.1) is 5.82 Å². The molecule has 2 heterocycles. The van der Waals surface area contributed by atoms with E-state index in [0.29, 0.717) is 16.4 Å². The van der Waals surface area contributed by atoms with Crippen LogP contribution >= 0.6 is 27.7 Å². The lowest BCUT2D eigenvalue weighted by Gasteiger charge is -2.14. The third-order valence-corrected chi connectivity index (χ3v) is 6.02. The smallest absolute Gasteiger partial charge is 0.230 e. The van der Waals surface area contributed by atoms with Crippen molar-refractivity contribution >= 4 is 44.6 Å². The Hall–Kier alpha value is -2.78. The van der Waals surface area contributed by atoms with Gasteiger partial charge in [-0.3, -0.25) is 4.79 Å². The van der Waals surface area contributed by atoms with Crippen molar-refractivity contribution in [1.82, 2.24) is 25.1 Å². The minimum Gasteiger partial charge on any atom is -0.349 e. The molecule has 1 amide bonds. The first-order chi connectivity index (χ1) is 14.5. The fourth-order valence-electron chi connectivity index (χ4n) is 2.96. The van der Waals surface area contributed by atoms with Crippen molar-refractivity contribution in [3.05, 3.63) is 76.9 Å². The first kappa shape index (κ1) is 20.5. The lowest BCUT2D eigenvalue weighted by Crippen LogP contribution is -2.28. The Bertz CT molecular complexity index is 1180. The summed E-state index contributed by atoms with van der Waals surface area (Å²) < 4.78 is 15.8. The topological polar surface area (TPSA) is 72.7 Å². The van der Waals surface area contributed by atoms with E-state index in [2.05, 4.69) is 36.3 Å². The van der Waals surface area contributed by atoms with E-state index in [-0.39, 0.29) is 23.5 Å². The van der Waals surface area contributed by atoms with Gasteiger partial charge in [0.15, 0.2) is 5.65 Å². The maximum absolute atomic E-state index is 13.2. The van der Waals surface area contributed by atoms with E-state index in [9.17, 15) is 9.18 Å². The average Bonchev–Trinajstić information content (AvgIpc) is 3.18. The lowest BCUT2D eigenvalue weighted by molar-refractivity contribution is -0.119. The lowest BCUT2D eigenvalue weighted by atomic mass is 10.1. The zero-order valence-corrected chi connectivity index (χ0v) is 18.3. The quantitative estimate of drug-likeness (QED) is 0.316. The summed E-state index contributed by atoms with van der Waals surface area (Å²) in [5, 5.41) is 8.75. The van der Waals surface area contributed by atoms with Crippen molar-refractivity contribution < 1.29 is 9.18 Å². The first-order valence-corrected chi connectivity index (χ1v) is 10.9. The molecule has 30 heavy (non-hydrogen) atoms. The summed E-state index contributed by atoms with van der Waals surface area (Å²) in [4.78, 5) is 21.0. The van der Waals surface area contributed by atoms with Crippen molar-refractivity contribution in [1.29, 1.82) is 0 Å². The van der Waals surface area contributed by atoms with Crippen LogP contribution in [0.3, 0.4) is 0 Å². The highest BCUT2D eigenvalue weighted by atomic mass is 79.9. The van der Waals surface area contributed by atoms with Crippen LogP contribution in [0.15, 0.2) is 70.6 Å². The Morgan fingerprint density at radius 3 is 2.63 bits per heavy atom. The van der Waals surface area contributed by atoms with Crippen LogP contribution in [-0.4, -0.2) is 31.4 Å². The molecule has 6 nitrogen and oxygen atoms in total. The molecular formula is C21H17BrFN5OS. The summed E-state index contributed by atoms with van der Waals surface area (Å²) in [6.45, 7) is 1.95. The van der Waals surface area contributed by atoms with E-state index < -0.39 is 0 Å². The zero-order chi connectivity index (χ0) is 21.1. The van der Waals surface area contributed by atoms with Crippen molar-refractivity contribution in [3.63, 3.8) is 0 Å². The molecule has 9 heteroatoms. The van der Waals surface area contributed by atoms with Crippen molar-refractivity contribution in [2.24, 2.45) is 0 Å². The Balaban J connectivity index is 1.46. The number of fused-ring (bicyclic) bond motifs is 1. The third kappa shape index (κ3) is 4.52. The van der Waals surface area contributed by atoms with Crippen molar-refractivity contribution in [3.8, 4) is 5.69 Å². The molecule has 0 aliphatic rings. The van der Waals surface area contributed by atoms with Gasteiger partial charge < -0.3 is 5.32 Å². The molecule has 1 unspecified atom stereocenters. The number of hydrogen-bond donors (Lipinski definition) is 1. The minimum atomic E-state index is -0.315. The van der Waals surface area contributed by atoms with Crippen LogP contribution in [0.1, 0.15) is 18.5 Å². The van der Waals surface area contributed by atoms with Crippen LogP contribution in [0.2, 0.25) is 0 Å². The van der Waals surface area contributed by atoms with Crippen molar-refractivity contribution in [2.45, 2.75) is 18.0 Å². The molecule has 4 rings (SSSR count). The minimum absolute atomic E-state index is 0.0897. The highest BCUT2D eigenvalue weighted by Crippen LogP contribution is 2.26. The maximum atomic E-state index is 13.2. The number of hydrogen-bond acceptors (Lipinski definition) is 5. The Kier molecular flexibility index (Phi) is 6.10. The fraction of sp³-hybridized carbons (Fsp3) is 0.143. The number of nitrogens with one attached hydrogen (secondary N) is 1. The number of aromatic nitrogens is 4. The standard InChI is InChI=1S/C21H17BrFN5OS/c1-13(14-2-4-15(22)5-3-14)27-19(29)11-30-21-18-10-26-28(20(18)24-12-25-21)17-8-6-16(23)7-9-17/h2-10,12-13H,11H2,1H3,(H,27,29). The molecule has 0 bridgehead atoms. The Morgan fingerprint density at radius 1 is 1.17 bits per heavy atom. The summed E-state index contributed by atoms with van der Waals surface area (Å²) in [6, 6.07) is 13.7. The fourth-order valence-corrected chi connectivity index (χ4v) is 4.00. The van der Waals surface area contributed by atoms with E-state index in [0.717, 1.165) is 15.4 Å². The molecule has 2 aromatic carbocycles. The number of carbonyl (C=O) groups excluding carboxylic acids is 1. The Morgan fingerprint density at radius 2 is 1.90 bits per heavy atom. The molecule has 0 radical (unpaired) electrons. The maximum Gasteiger partial charge on any atom is 0.230 e. The summed E-state index contributed by atoms with van der Waals surface area (Å²) >= 11 is 4.73. The second-order valence-electron chi connectivity index (χ2n) is 6.58. The summed E-state index contributed by atoms with van der Waals surface area (Å²) in [5.41, 5.74) is 2.33. The van der Waals surface area contributed by atoms with Crippen LogP contribution in [0.4, 0.5) is 4.39 Å². The van der Waals surface area contributed by atoms with Gasteiger partial charge in [0.25, 0.3) is 0 Å². The molecule has 0 fully saturated rings. The zero-order valence-electron chi connectivity index (χ0n) is 15.9. The highest BCUT2D eigenvalue weighted by Gasteiger charge is 2.14. The van der Waals surface area contributed by atoms with Crippen LogP contribution in [0.25, 0.3) is 16.7 Å².